The van der Waals surface area contributed by atoms with Crippen LogP contribution in [-0.4, -0.2) is 0 Å². The summed E-state index contributed by atoms with van der Waals surface area (Å²) >= 11 is 8.00. The minimum atomic E-state index is -0.0696. The Bertz CT molecular complexity index is 373. The zero-order valence-electron chi connectivity index (χ0n) is 14.3. The average Bonchev–Trinajstić information content (AvgIpc) is 2.54. The number of hydrogen-bond acceptors (Lipinski definition) is 0. The van der Waals surface area contributed by atoms with Crippen molar-refractivity contribution in [1.82, 2.24) is 0 Å². The van der Waals surface area contributed by atoms with Gasteiger partial charge in [0.15, 0.2) is 0 Å². The first-order chi connectivity index (χ1) is 10.6. The van der Waals surface area contributed by atoms with E-state index >= 15 is 0 Å². The Hall–Kier alpha value is 0.180. The molecule has 2 heteroatoms. The van der Waals surface area contributed by atoms with Crippen molar-refractivity contribution in [3.8, 4) is 0 Å². The molecule has 0 bridgehead atoms. The van der Waals surface area contributed by atoms with Crippen LogP contribution >= 0.6 is 31.9 Å². The summed E-state index contributed by atoms with van der Waals surface area (Å²) in [5.74, 6) is 0.654. The smallest absolute Gasteiger partial charge is 0.0671 e. The van der Waals surface area contributed by atoms with E-state index in [1.165, 1.54) is 69.8 Å². The summed E-state index contributed by atoms with van der Waals surface area (Å²) in [6.07, 6.45) is 13.4. The quantitative estimate of drug-likeness (QED) is 0.231. The molecule has 0 aliphatic rings. The summed E-state index contributed by atoms with van der Waals surface area (Å²) in [6.45, 7) is 4.57. The Morgan fingerprint density at radius 1 is 0.773 bits per heavy atom. The molecule has 1 aromatic carbocycles. The van der Waals surface area contributed by atoms with Crippen LogP contribution < -0.4 is 0 Å². The first-order valence-electron chi connectivity index (χ1n) is 9.06. The van der Waals surface area contributed by atoms with Crippen LogP contribution in [0.5, 0.6) is 0 Å². The van der Waals surface area contributed by atoms with Gasteiger partial charge in [-0.05, 0) is 24.3 Å². The van der Waals surface area contributed by atoms with Crippen molar-refractivity contribution >= 4 is 31.9 Å². The molecule has 1 atom stereocenters. The number of hydrogen-bond donors (Lipinski definition) is 0. The van der Waals surface area contributed by atoms with Gasteiger partial charge in [-0.3, -0.25) is 0 Å². The molecule has 0 radical (unpaired) electrons. The molecule has 1 unspecified atom stereocenters. The first-order valence-corrected chi connectivity index (χ1v) is 10.6. The van der Waals surface area contributed by atoms with Crippen molar-refractivity contribution in [2.24, 2.45) is 5.92 Å². The minimum Gasteiger partial charge on any atom is -0.0671 e. The maximum absolute atomic E-state index is 4.00. The van der Waals surface area contributed by atoms with Crippen LogP contribution in [0.4, 0.5) is 0 Å². The molecule has 1 rings (SSSR count). The molecule has 126 valence electrons. The summed E-state index contributed by atoms with van der Waals surface area (Å²) in [6, 6.07) is 10.8. The molecule has 0 saturated carbocycles. The highest BCUT2D eigenvalue weighted by atomic mass is 79.9. The highest BCUT2D eigenvalue weighted by Crippen LogP contribution is 2.48. The van der Waals surface area contributed by atoms with Crippen molar-refractivity contribution in [1.29, 1.82) is 0 Å². The molecule has 0 spiro atoms. The highest BCUT2D eigenvalue weighted by Gasteiger charge is 2.34. The Kier molecular flexibility index (Phi) is 10.7. The van der Waals surface area contributed by atoms with Gasteiger partial charge >= 0.3 is 0 Å². The van der Waals surface area contributed by atoms with Gasteiger partial charge in [-0.25, -0.2) is 0 Å². The van der Waals surface area contributed by atoms with Crippen molar-refractivity contribution in [3.63, 3.8) is 0 Å². The van der Waals surface area contributed by atoms with Crippen molar-refractivity contribution in [2.45, 2.75) is 81.3 Å². The fourth-order valence-electron chi connectivity index (χ4n) is 3.02. The van der Waals surface area contributed by atoms with Crippen molar-refractivity contribution in [2.75, 3.05) is 0 Å². The maximum Gasteiger partial charge on any atom is 0.108 e. The second-order valence-electron chi connectivity index (χ2n) is 6.38. The average molecular weight is 432 g/mol. The van der Waals surface area contributed by atoms with E-state index in [0.717, 1.165) is 0 Å². The van der Waals surface area contributed by atoms with E-state index in [2.05, 4.69) is 76.0 Å². The third-order valence-corrected chi connectivity index (χ3v) is 6.69. The lowest BCUT2D eigenvalue weighted by atomic mass is 9.89. The van der Waals surface area contributed by atoms with E-state index < -0.39 is 0 Å². The predicted octanol–water partition coefficient (Wildman–Crippen LogP) is 8.19. The van der Waals surface area contributed by atoms with Crippen LogP contribution in [0.3, 0.4) is 0 Å². The molecular formula is C20H32Br2. The topological polar surface area (TPSA) is 0 Å². The molecule has 0 amide bonds. The molecule has 0 heterocycles. The number of alkyl halides is 2. The largest absolute Gasteiger partial charge is 0.108 e. The summed E-state index contributed by atoms with van der Waals surface area (Å²) < 4.78 is -0.0696. The van der Waals surface area contributed by atoms with E-state index in [1.807, 2.05) is 0 Å². The van der Waals surface area contributed by atoms with E-state index in [0.29, 0.717) is 5.92 Å². The summed E-state index contributed by atoms with van der Waals surface area (Å²) in [4.78, 5) is 0. The molecule has 0 saturated heterocycles. The molecular weight excluding hydrogens is 400 g/mol. The van der Waals surface area contributed by atoms with E-state index in [1.54, 1.807) is 0 Å². The molecule has 0 fully saturated rings. The van der Waals surface area contributed by atoms with E-state index in [4.69, 9.17) is 0 Å². The third kappa shape index (κ3) is 7.17. The van der Waals surface area contributed by atoms with Crippen LogP contribution in [0.25, 0.3) is 0 Å². The Morgan fingerprint density at radius 2 is 1.32 bits per heavy atom. The van der Waals surface area contributed by atoms with Gasteiger partial charge in [0.25, 0.3) is 0 Å². The number of halogens is 2. The normalized spacial score (nSPS) is 13.3. The molecule has 0 aliphatic carbocycles. The van der Waals surface area contributed by atoms with Gasteiger partial charge in [-0.2, -0.15) is 0 Å². The van der Waals surface area contributed by atoms with Gasteiger partial charge in [0.05, 0.1) is 0 Å². The fourth-order valence-corrected chi connectivity index (χ4v) is 4.47. The Morgan fingerprint density at radius 3 is 1.95 bits per heavy atom. The third-order valence-electron chi connectivity index (χ3n) is 4.48. The van der Waals surface area contributed by atoms with E-state index in [-0.39, 0.29) is 3.23 Å². The summed E-state index contributed by atoms with van der Waals surface area (Å²) in [5, 5.41) is 0. The monoisotopic (exact) mass is 430 g/mol. The number of rotatable bonds is 12. The lowest BCUT2D eigenvalue weighted by molar-refractivity contribution is 0.392. The van der Waals surface area contributed by atoms with Crippen molar-refractivity contribution in [3.05, 3.63) is 35.9 Å². The minimum absolute atomic E-state index is 0.0696. The van der Waals surface area contributed by atoms with Gasteiger partial charge in [-0.1, -0.05) is 127 Å². The fraction of sp³-hybridized carbons (Fsp3) is 0.700. The Labute approximate surface area is 154 Å². The van der Waals surface area contributed by atoms with Crippen molar-refractivity contribution < 1.29 is 0 Å². The van der Waals surface area contributed by atoms with E-state index in [9.17, 15) is 0 Å². The van der Waals surface area contributed by atoms with Gasteiger partial charge in [0.2, 0.25) is 0 Å². The zero-order chi connectivity index (χ0) is 16.3. The zero-order valence-corrected chi connectivity index (χ0v) is 17.5. The van der Waals surface area contributed by atoms with Crippen LogP contribution in [0.2, 0.25) is 0 Å². The first kappa shape index (κ1) is 20.2. The molecule has 0 aliphatic heterocycles. The second-order valence-corrected chi connectivity index (χ2v) is 9.95. The van der Waals surface area contributed by atoms with Gasteiger partial charge < -0.3 is 0 Å². The number of benzene rings is 1. The van der Waals surface area contributed by atoms with Gasteiger partial charge in [0, 0.05) is 0 Å². The van der Waals surface area contributed by atoms with Crippen LogP contribution in [0.1, 0.15) is 83.6 Å². The van der Waals surface area contributed by atoms with Gasteiger partial charge in [-0.15, -0.1) is 0 Å². The van der Waals surface area contributed by atoms with Gasteiger partial charge in [0.1, 0.15) is 3.23 Å². The van der Waals surface area contributed by atoms with Crippen LogP contribution in [0, 0.1) is 5.92 Å². The van der Waals surface area contributed by atoms with Crippen LogP contribution in [0.15, 0.2) is 30.3 Å². The standard InChI is InChI=1S/C20H32Br2/c1-3-5-7-8-9-11-15-18(14-6-4-2)20(21,22)19-16-12-10-13-17-19/h10,12-13,16-18H,3-9,11,14-15H2,1-2H3. The SMILES string of the molecule is CCCCCCCCC(CCCC)C(Br)(Br)c1ccccc1. The Balaban J connectivity index is 2.55. The maximum atomic E-state index is 4.00. The second kappa shape index (κ2) is 11.7. The molecule has 0 aromatic heterocycles. The molecule has 0 nitrogen and oxygen atoms in total. The number of unbranched alkanes of at least 4 members (excludes halogenated alkanes) is 6. The van der Waals surface area contributed by atoms with Crippen LogP contribution in [-0.2, 0) is 3.23 Å². The molecule has 22 heavy (non-hydrogen) atoms. The molecule has 1 aromatic rings. The highest BCUT2D eigenvalue weighted by molar-refractivity contribution is 9.24. The summed E-state index contributed by atoms with van der Waals surface area (Å²) in [5.41, 5.74) is 1.35. The molecule has 0 N–H and O–H groups in total. The predicted molar refractivity (Wildman–Crippen MR) is 107 cm³/mol. The lowest BCUT2D eigenvalue weighted by Gasteiger charge is -2.31. The summed E-state index contributed by atoms with van der Waals surface area (Å²) in [7, 11) is 0. The lowest BCUT2D eigenvalue weighted by Crippen LogP contribution is -2.22.